The average Bonchev–Trinajstić information content (AvgIpc) is 3.38. The molecular weight excluding hydrogens is 401 g/mol. The zero-order valence-electron chi connectivity index (χ0n) is 15.1. The number of alkyl halides is 3. The minimum absolute atomic E-state index is 0.0890. The van der Waals surface area contributed by atoms with Crippen molar-refractivity contribution in [1.29, 1.82) is 0 Å². The Morgan fingerprint density at radius 1 is 0.933 bits per heavy atom. The fraction of sp³-hybridized carbons (Fsp3) is 0.0952. The van der Waals surface area contributed by atoms with Gasteiger partial charge in [-0.25, -0.2) is 0 Å². The van der Waals surface area contributed by atoms with Gasteiger partial charge in [-0.2, -0.15) is 13.2 Å². The van der Waals surface area contributed by atoms with Crippen LogP contribution in [0.1, 0.15) is 21.5 Å². The van der Waals surface area contributed by atoms with Crippen LogP contribution in [0.2, 0.25) is 0 Å². The summed E-state index contributed by atoms with van der Waals surface area (Å²) in [5, 5.41) is 7.61. The van der Waals surface area contributed by atoms with Crippen LogP contribution in [0.4, 0.5) is 13.2 Å². The van der Waals surface area contributed by atoms with Crippen LogP contribution in [0, 0.1) is 0 Å². The molecule has 150 valence electrons. The quantitative estimate of drug-likeness (QED) is 0.420. The van der Waals surface area contributed by atoms with Gasteiger partial charge in [-0.3, -0.25) is 4.79 Å². The molecule has 9 heteroatoms. The maximum Gasteiger partial charge on any atom is 0.422 e. The van der Waals surface area contributed by atoms with Gasteiger partial charge in [0.25, 0.3) is 0 Å². The van der Waals surface area contributed by atoms with Gasteiger partial charge in [0, 0.05) is 16.7 Å². The number of carbonyl (C=O) groups is 1. The van der Waals surface area contributed by atoms with Crippen molar-refractivity contribution in [3.63, 3.8) is 0 Å². The number of benzene rings is 2. The van der Waals surface area contributed by atoms with Crippen molar-refractivity contribution in [2.75, 3.05) is 0 Å². The van der Waals surface area contributed by atoms with Crippen LogP contribution in [-0.2, 0) is 12.8 Å². The number of aromatic nitrogens is 2. The molecular formula is C21H11F3N2O4. The summed E-state index contributed by atoms with van der Waals surface area (Å²) in [6.45, 7) is -0.0890. The van der Waals surface area contributed by atoms with Crippen LogP contribution in [0.15, 0.2) is 57.6 Å². The molecule has 1 aliphatic rings. The molecule has 0 N–H and O–H groups in total. The van der Waals surface area contributed by atoms with E-state index < -0.39 is 23.2 Å². The van der Waals surface area contributed by atoms with E-state index in [9.17, 15) is 18.0 Å². The van der Waals surface area contributed by atoms with Gasteiger partial charge in [0.05, 0.1) is 5.56 Å². The van der Waals surface area contributed by atoms with Crippen LogP contribution in [0.3, 0.4) is 0 Å². The first-order valence-corrected chi connectivity index (χ1v) is 8.81. The summed E-state index contributed by atoms with van der Waals surface area (Å²) in [6.07, 6.45) is -4.07. The monoisotopic (exact) mass is 412 g/mol. The largest absolute Gasteiger partial charge is 0.488 e. The zero-order chi connectivity index (χ0) is 20.9. The van der Waals surface area contributed by atoms with Crippen molar-refractivity contribution in [2.45, 2.75) is 12.8 Å². The number of halogens is 3. The first kappa shape index (κ1) is 18.2. The van der Waals surface area contributed by atoms with Gasteiger partial charge in [0.1, 0.15) is 29.9 Å². The maximum absolute atomic E-state index is 13.9. The van der Waals surface area contributed by atoms with Gasteiger partial charge < -0.3 is 13.8 Å². The van der Waals surface area contributed by atoms with Gasteiger partial charge in [0.2, 0.25) is 0 Å². The van der Waals surface area contributed by atoms with Crippen LogP contribution in [-0.4, -0.2) is 16.6 Å². The van der Waals surface area contributed by atoms with Crippen LogP contribution >= 0.6 is 0 Å². The number of carbonyl (C=O) groups excluding carboxylic acids is 1. The Balaban J connectivity index is 1.68. The van der Waals surface area contributed by atoms with Crippen LogP contribution in [0.25, 0.3) is 34.0 Å². The standard InChI is InChI=1S/C21H11F3N2O4/c22-21(23,24)16-18(26-29-19(16)12-4-2-1-3-5-12)20-14-10-28-15-8-11(9-27)6-7-13(15)17(14)25-30-20/h1-9H,10H2. The molecule has 0 aliphatic carbocycles. The molecule has 0 bridgehead atoms. The summed E-state index contributed by atoms with van der Waals surface area (Å²) in [5.74, 6) is -0.183. The molecule has 0 atom stereocenters. The molecule has 0 spiro atoms. The number of hydrogen-bond donors (Lipinski definition) is 0. The fourth-order valence-electron chi connectivity index (χ4n) is 3.41. The topological polar surface area (TPSA) is 78.4 Å². The van der Waals surface area contributed by atoms with Gasteiger partial charge in [-0.1, -0.05) is 46.7 Å². The number of aldehydes is 1. The zero-order valence-corrected chi connectivity index (χ0v) is 15.1. The van der Waals surface area contributed by atoms with E-state index in [1.54, 1.807) is 30.3 Å². The minimum Gasteiger partial charge on any atom is -0.488 e. The summed E-state index contributed by atoms with van der Waals surface area (Å²) in [6, 6.07) is 12.6. The Bertz CT molecular complexity index is 1260. The molecule has 6 nitrogen and oxygen atoms in total. The van der Waals surface area contributed by atoms with Crippen molar-refractivity contribution in [3.8, 4) is 39.8 Å². The molecule has 2 aromatic carbocycles. The molecule has 0 amide bonds. The molecule has 0 fully saturated rings. The first-order valence-electron chi connectivity index (χ1n) is 8.81. The number of hydrogen-bond acceptors (Lipinski definition) is 6. The van der Waals surface area contributed by atoms with E-state index in [0.29, 0.717) is 34.4 Å². The lowest BCUT2D eigenvalue weighted by Crippen LogP contribution is -2.09. The molecule has 2 aromatic heterocycles. The van der Waals surface area contributed by atoms with E-state index in [1.807, 2.05) is 0 Å². The summed E-state index contributed by atoms with van der Waals surface area (Å²) in [4.78, 5) is 11.0. The molecule has 0 saturated carbocycles. The number of ether oxygens (including phenoxy) is 1. The Morgan fingerprint density at radius 3 is 2.40 bits per heavy atom. The van der Waals surface area contributed by atoms with E-state index >= 15 is 0 Å². The van der Waals surface area contributed by atoms with E-state index in [4.69, 9.17) is 13.8 Å². The second-order valence-electron chi connectivity index (χ2n) is 6.60. The number of nitrogens with zero attached hydrogens (tertiary/aromatic N) is 2. The predicted molar refractivity (Wildman–Crippen MR) is 97.6 cm³/mol. The van der Waals surface area contributed by atoms with Crippen LogP contribution < -0.4 is 4.74 Å². The Labute approximate surface area is 166 Å². The summed E-state index contributed by atoms with van der Waals surface area (Å²) < 4.78 is 57.8. The van der Waals surface area contributed by atoms with Crippen molar-refractivity contribution >= 4 is 6.29 Å². The molecule has 0 unspecified atom stereocenters. The Kier molecular flexibility index (Phi) is 3.99. The third-order valence-corrected chi connectivity index (χ3v) is 4.78. The second-order valence-corrected chi connectivity index (χ2v) is 6.60. The van der Waals surface area contributed by atoms with Gasteiger partial charge in [-0.05, 0) is 12.1 Å². The SMILES string of the molecule is O=Cc1ccc2c(c1)OCc1c-2noc1-c1noc(-c2ccccc2)c1C(F)(F)F. The van der Waals surface area contributed by atoms with Crippen molar-refractivity contribution < 1.29 is 31.7 Å². The van der Waals surface area contributed by atoms with Crippen LogP contribution in [0.5, 0.6) is 5.75 Å². The third-order valence-electron chi connectivity index (χ3n) is 4.78. The van der Waals surface area contributed by atoms with Gasteiger partial charge >= 0.3 is 6.18 Å². The normalized spacial score (nSPS) is 12.8. The Morgan fingerprint density at radius 2 is 1.67 bits per heavy atom. The maximum atomic E-state index is 13.9. The molecule has 4 aromatic rings. The highest BCUT2D eigenvalue weighted by molar-refractivity contribution is 5.83. The van der Waals surface area contributed by atoms with E-state index in [2.05, 4.69) is 10.3 Å². The average molecular weight is 412 g/mol. The molecule has 0 saturated heterocycles. The molecule has 1 aliphatic heterocycles. The van der Waals surface area contributed by atoms with Crippen molar-refractivity contribution in [1.82, 2.24) is 10.3 Å². The molecule has 5 rings (SSSR count). The van der Waals surface area contributed by atoms with E-state index in [0.717, 1.165) is 0 Å². The molecule has 3 heterocycles. The van der Waals surface area contributed by atoms with Crippen molar-refractivity contribution in [2.24, 2.45) is 0 Å². The van der Waals surface area contributed by atoms with E-state index in [1.165, 1.54) is 18.2 Å². The highest BCUT2D eigenvalue weighted by atomic mass is 19.4. The van der Waals surface area contributed by atoms with Crippen molar-refractivity contribution in [3.05, 3.63) is 65.2 Å². The smallest absolute Gasteiger partial charge is 0.422 e. The molecule has 30 heavy (non-hydrogen) atoms. The fourth-order valence-corrected chi connectivity index (χ4v) is 3.41. The lowest BCUT2D eigenvalue weighted by atomic mass is 9.98. The number of fused-ring (bicyclic) bond motifs is 3. The second kappa shape index (κ2) is 6.58. The summed E-state index contributed by atoms with van der Waals surface area (Å²) >= 11 is 0. The minimum atomic E-state index is -4.74. The third kappa shape index (κ3) is 2.78. The molecule has 0 radical (unpaired) electrons. The number of rotatable bonds is 3. The van der Waals surface area contributed by atoms with Gasteiger partial charge in [-0.15, -0.1) is 0 Å². The lowest BCUT2D eigenvalue weighted by molar-refractivity contribution is -0.136. The van der Waals surface area contributed by atoms with Gasteiger partial charge in [0.15, 0.2) is 17.2 Å². The summed E-state index contributed by atoms with van der Waals surface area (Å²) in [5.41, 5.74) is 0.267. The summed E-state index contributed by atoms with van der Waals surface area (Å²) in [7, 11) is 0. The lowest BCUT2D eigenvalue weighted by Gasteiger charge is -2.16. The van der Waals surface area contributed by atoms with E-state index in [-0.39, 0.29) is 17.9 Å². The predicted octanol–water partition coefficient (Wildman–Crippen LogP) is 5.39. The Hall–Kier alpha value is -3.88. The highest BCUT2D eigenvalue weighted by Crippen LogP contribution is 2.47. The first-order chi connectivity index (χ1) is 14.5. The highest BCUT2D eigenvalue weighted by Gasteiger charge is 2.43.